The number of ether oxygens (including phenoxy) is 1. The third kappa shape index (κ3) is 2.90. The zero-order chi connectivity index (χ0) is 12.1. The number of rotatable bonds is 4. The van der Waals surface area contributed by atoms with E-state index in [1.165, 1.54) is 0 Å². The minimum atomic E-state index is 0.0447. The molecule has 1 atom stereocenters. The van der Waals surface area contributed by atoms with Crippen molar-refractivity contribution in [2.75, 3.05) is 12.4 Å². The Balaban J connectivity index is 2.10. The molecule has 0 bridgehead atoms. The Morgan fingerprint density at radius 1 is 1.18 bits per heavy atom. The van der Waals surface area contributed by atoms with Crippen LogP contribution < -0.4 is 10.1 Å². The lowest BCUT2D eigenvalue weighted by molar-refractivity contribution is 0.397. The van der Waals surface area contributed by atoms with Gasteiger partial charge in [0.25, 0.3) is 0 Å². The van der Waals surface area contributed by atoms with Crippen molar-refractivity contribution in [1.29, 1.82) is 0 Å². The molecule has 0 saturated carbocycles. The van der Waals surface area contributed by atoms with Gasteiger partial charge in [-0.3, -0.25) is 4.98 Å². The summed E-state index contributed by atoms with van der Waals surface area (Å²) in [5.41, 5.74) is 0.943. The van der Waals surface area contributed by atoms with Gasteiger partial charge in [-0.1, -0.05) is 6.07 Å². The molecule has 5 heteroatoms. The van der Waals surface area contributed by atoms with Crippen molar-refractivity contribution < 1.29 is 4.74 Å². The van der Waals surface area contributed by atoms with E-state index in [1.54, 1.807) is 25.6 Å². The highest BCUT2D eigenvalue weighted by atomic mass is 16.5. The van der Waals surface area contributed by atoms with Gasteiger partial charge < -0.3 is 10.1 Å². The highest BCUT2D eigenvalue weighted by Crippen LogP contribution is 2.15. The van der Waals surface area contributed by atoms with Crippen molar-refractivity contribution in [3.05, 3.63) is 42.4 Å². The molecule has 0 saturated heterocycles. The molecule has 88 valence electrons. The molecular weight excluding hydrogens is 216 g/mol. The third-order valence-corrected chi connectivity index (χ3v) is 2.32. The second-order valence-corrected chi connectivity index (χ2v) is 3.54. The van der Waals surface area contributed by atoms with Crippen molar-refractivity contribution in [3.8, 4) is 5.88 Å². The highest BCUT2D eigenvalue weighted by molar-refractivity contribution is 5.30. The number of nitrogens with zero attached hydrogens (tertiary/aromatic N) is 3. The van der Waals surface area contributed by atoms with Crippen LogP contribution in [0.4, 0.5) is 5.95 Å². The van der Waals surface area contributed by atoms with E-state index >= 15 is 0 Å². The van der Waals surface area contributed by atoms with Crippen LogP contribution in [0.15, 0.2) is 36.7 Å². The fourth-order valence-electron chi connectivity index (χ4n) is 1.43. The first kappa shape index (κ1) is 11.3. The number of nitrogens with one attached hydrogen (secondary N) is 1. The summed E-state index contributed by atoms with van der Waals surface area (Å²) < 4.78 is 5.04. The minimum Gasteiger partial charge on any atom is -0.481 e. The van der Waals surface area contributed by atoms with Gasteiger partial charge in [-0.05, 0) is 19.1 Å². The van der Waals surface area contributed by atoms with Crippen LogP contribution in [0.1, 0.15) is 18.7 Å². The second kappa shape index (κ2) is 5.25. The number of pyridine rings is 1. The van der Waals surface area contributed by atoms with E-state index < -0.39 is 0 Å². The Morgan fingerprint density at radius 2 is 2.06 bits per heavy atom. The van der Waals surface area contributed by atoms with Crippen LogP contribution in [-0.4, -0.2) is 22.1 Å². The van der Waals surface area contributed by atoms with Crippen molar-refractivity contribution in [3.63, 3.8) is 0 Å². The molecule has 2 heterocycles. The number of anilines is 1. The Labute approximate surface area is 99.9 Å². The fraction of sp³-hybridized carbons (Fsp3) is 0.250. The molecule has 2 aromatic rings. The minimum absolute atomic E-state index is 0.0447. The summed E-state index contributed by atoms with van der Waals surface area (Å²) in [7, 11) is 1.58. The Kier molecular flexibility index (Phi) is 3.49. The van der Waals surface area contributed by atoms with Crippen LogP contribution in [0, 0.1) is 0 Å². The second-order valence-electron chi connectivity index (χ2n) is 3.54. The molecular formula is C12H14N4O. The lowest BCUT2D eigenvalue weighted by Gasteiger charge is -2.13. The van der Waals surface area contributed by atoms with E-state index in [0.717, 1.165) is 5.69 Å². The highest BCUT2D eigenvalue weighted by Gasteiger charge is 2.07. The quantitative estimate of drug-likeness (QED) is 0.871. The number of hydrogen-bond donors (Lipinski definition) is 1. The van der Waals surface area contributed by atoms with Gasteiger partial charge in [0.2, 0.25) is 11.8 Å². The number of aromatic nitrogens is 3. The summed E-state index contributed by atoms with van der Waals surface area (Å²) in [5, 5.41) is 3.17. The maximum Gasteiger partial charge on any atom is 0.226 e. The summed E-state index contributed by atoms with van der Waals surface area (Å²) in [6, 6.07) is 7.54. The molecule has 0 amide bonds. The van der Waals surface area contributed by atoms with E-state index in [9.17, 15) is 0 Å². The zero-order valence-corrected chi connectivity index (χ0v) is 9.79. The van der Waals surface area contributed by atoms with Gasteiger partial charge in [0.1, 0.15) is 0 Å². The third-order valence-electron chi connectivity index (χ3n) is 2.32. The smallest absolute Gasteiger partial charge is 0.226 e. The van der Waals surface area contributed by atoms with Crippen LogP contribution in [0.25, 0.3) is 0 Å². The number of methoxy groups -OCH3 is 1. The van der Waals surface area contributed by atoms with Gasteiger partial charge in [0.05, 0.1) is 18.8 Å². The molecule has 1 unspecified atom stereocenters. The summed E-state index contributed by atoms with van der Waals surface area (Å²) in [4.78, 5) is 12.6. The van der Waals surface area contributed by atoms with Gasteiger partial charge >= 0.3 is 0 Å². The van der Waals surface area contributed by atoms with Crippen LogP contribution in [0.2, 0.25) is 0 Å². The molecule has 0 aromatic carbocycles. The van der Waals surface area contributed by atoms with Gasteiger partial charge in [0, 0.05) is 18.5 Å². The van der Waals surface area contributed by atoms with Crippen LogP contribution in [0.3, 0.4) is 0 Å². The van der Waals surface area contributed by atoms with Crippen LogP contribution in [-0.2, 0) is 0 Å². The first-order valence-electron chi connectivity index (χ1n) is 5.34. The van der Waals surface area contributed by atoms with Gasteiger partial charge in [-0.25, -0.2) is 4.98 Å². The lowest BCUT2D eigenvalue weighted by atomic mass is 10.2. The van der Waals surface area contributed by atoms with Crippen molar-refractivity contribution >= 4 is 5.95 Å². The van der Waals surface area contributed by atoms with Gasteiger partial charge in [-0.15, -0.1) is 0 Å². The van der Waals surface area contributed by atoms with Crippen molar-refractivity contribution in [2.24, 2.45) is 0 Å². The first-order chi connectivity index (χ1) is 8.29. The van der Waals surface area contributed by atoms with E-state index in [2.05, 4.69) is 20.3 Å². The largest absolute Gasteiger partial charge is 0.481 e. The van der Waals surface area contributed by atoms with E-state index in [1.807, 2.05) is 25.1 Å². The van der Waals surface area contributed by atoms with Crippen molar-refractivity contribution in [2.45, 2.75) is 13.0 Å². The summed E-state index contributed by atoms with van der Waals surface area (Å²) in [6.45, 7) is 2.01. The van der Waals surface area contributed by atoms with Crippen LogP contribution >= 0.6 is 0 Å². The SMILES string of the molecule is COc1ccnc(NC(C)c2ccccn2)n1. The molecule has 0 aliphatic rings. The zero-order valence-electron chi connectivity index (χ0n) is 9.79. The fourth-order valence-corrected chi connectivity index (χ4v) is 1.43. The molecule has 2 aromatic heterocycles. The molecule has 0 aliphatic carbocycles. The molecule has 0 radical (unpaired) electrons. The normalized spacial score (nSPS) is 11.9. The molecule has 0 spiro atoms. The Bertz CT molecular complexity index is 475. The predicted octanol–water partition coefficient (Wildman–Crippen LogP) is 2.05. The maximum atomic E-state index is 5.04. The lowest BCUT2D eigenvalue weighted by Crippen LogP contribution is -2.10. The van der Waals surface area contributed by atoms with Crippen LogP contribution in [0.5, 0.6) is 5.88 Å². The van der Waals surface area contributed by atoms with Crippen molar-refractivity contribution in [1.82, 2.24) is 15.0 Å². The first-order valence-corrected chi connectivity index (χ1v) is 5.34. The van der Waals surface area contributed by atoms with E-state index in [0.29, 0.717) is 11.8 Å². The average Bonchev–Trinajstić information content (AvgIpc) is 2.40. The molecule has 5 nitrogen and oxygen atoms in total. The Morgan fingerprint density at radius 3 is 2.76 bits per heavy atom. The molecule has 0 aliphatic heterocycles. The average molecular weight is 230 g/mol. The predicted molar refractivity (Wildman–Crippen MR) is 64.9 cm³/mol. The molecule has 0 fully saturated rings. The summed E-state index contributed by atoms with van der Waals surface area (Å²) in [5.74, 6) is 1.07. The Hall–Kier alpha value is -2.17. The molecule has 2 rings (SSSR count). The van der Waals surface area contributed by atoms with Gasteiger partial charge in [0.15, 0.2) is 0 Å². The number of hydrogen-bond acceptors (Lipinski definition) is 5. The monoisotopic (exact) mass is 230 g/mol. The topological polar surface area (TPSA) is 59.9 Å². The molecule has 1 N–H and O–H groups in total. The maximum absolute atomic E-state index is 5.04. The molecule has 17 heavy (non-hydrogen) atoms. The summed E-state index contributed by atoms with van der Waals surface area (Å²) >= 11 is 0. The summed E-state index contributed by atoms with van der Waals surface area (Å²) in [6.07, 6.45) is 3.42. The van der Waals surface area contributed by atoms with Gasteiger partial charge in [-0.2, -0.15) is 4.98 Å². The standard InChI is InChI=1S/C12H14N4O/c1-9(10-5-3-4-7-13-10)15-12-14-8-6-11(16-12)17-2/h3-9H,1-2H3,(H,14,15,16). The van der Waals surface area contributed by atoms with E-state index in [-0.39, 0.29) is 6.04 Å². The van der Waals surface area contributed by atoms with E-state index in [4.69, 9.17) is 4.74 Å².